The minimum Gasteiger partial charge on any atom is -0.373 e. The molecule has 2 N–H and O–H groups in total. The Morgan fingerprint density at radius 3 is 2.92 bits per heavy atom. The lowest BCUT2D eigenvalue weighted by Gasteiger charge is -2.40. The van der Waals surface area contributed by atoms with Gasteiger partial charge in [0.1, 0.15) is 5.82 Å². The van der Waals surface area contributed by atoms with Gasteiger partial charge in [-0.3, -0.25) is 9.69 Å². The summed E-state index contributed by atoms with van der Waals surface area (Å²) in [6, 6.07) is 0. The second kappa shape index (κ2) is 7.85. The zero-order valence-corrected chi connectivity index (χ0v) is 15.1. The minimum atomic E-state index is -0.277. The monoisotopic (exact) mass is 354 g/mol. The summed E-state index contributed by atoms with van der Waals surface area (Å²) in [6.07, 6.45) is 5.46. The molecule has 0 aliphatic carbocycles. The molecule has 6 nitrogen and oxygen atoms in total. The van der Waals surface area contributed by atoms with Crippen molar-refractivity contribution in [2.75, 3.05) is 26.2 Å². The summed E-state index contributed by atoms with van der Waals surface area (Å²) in [5, 5.41) is 3.48. The molecule has 0 saturated carbocycles. The Kier molecular flexibility index (Phi) is 5.79. The number of ether oxygens (including phenoxy) is 1. The number of aryl methyl sites for hydroxylation is 1. The molecule has 2 aliphatic heterocycles. The fraction of sp³-hybridized carbons (Fsp3) is 0.765. The molecule has 2 fully saturated rings. The lowest BCUT2D eigenvalue weighted by atomic mass is 9.87. The molecule has 1 aromatic heterocycles. The molecule has 0 bridgehead atoms. The topological polar surface area (TPSA) is 70.2 Å². The predicted molar refractivity (Wildman–Crippen MR) is 93.0 cm³/mol. The standard InChI is InChI=1S/C17H27ClN4O2/c1-2-3-4-14-20-13(16(18)21-14)12-22-8-5-17(6-9-22)11-15(23)19-7-10-24-17/h2-12H2,1H3,(H,19,23)(H,20,21). The van der Waals surface area contributed by atoms with Gasteiger partial charge in [0, 0.05) is 32.6 Å². The van der Waals surface area contributed by atoms with E-state index in [1.54, 1.807) is 0 Å². The molecule has 24 heavy (non-hydrogen) atoms. The Labute approximate surface area is 148 Å². The van der Waals surface area contributed by atoms with Gasteiger partial charge in [0.25, 0.3) is 0 Å². The normalized spacial score (nSPS) is 21.7. The Balaban J connectivity index is 1.55. The van der Waals surface area contributed by atoms with Crippen LogP contribution >= 0.6 is 11.6 Å². The first-order chi connectivity index (χ1) is 11.6. The average molecular weight is 355 g/mol. The fourth-order valence-corrected chi connectivity index (χ4v) is 3.74. The molecule has 0 radical (unpaired) electrons. The summed E-state index contributed by atoms with van der Waals surface area (Å²) in [4.78, 5) is 22.0. The highest BCUT2D eigenvalue weighted by Crippen LogP contribution is 2.31. The number of hydrogen-bond acceptors (Lipinski definition) is 4. The first-order valence-corrected chi connectivity index (χ1v) is 9.34. The van der Waals surface area contributed by atoms with Crippen LogP contribution in [-0.2, 0) is 22.5 Å². The zero-order chi connectivity index (χ0) is 17.0. The number of carbonyl (C=O) groups is 1. The van der Waals surface area contributed by atoms with Crippen molar-refractivity contribution in [2.24, 2.45) is 0 Å². The Bertz CT molecular complexity index is 567. The number of aromatic nitrogens is 2. The van der Waals surface area contributed by atoms with E-state index in [1.807, 2.05) is 0 Å². The fourth-order valence-electron chi connectivity index (χ4n) is 3.53. The average Bonchev–Trinajstić information content (AvgIpc) is 2.80. The number of halogens is 1. The van der Waals surface area contributed by atoms with E-state index in [2.05, 4.69) is 27.1 Å². The van der Waals surface area contributed by atoms with E-state index >= 15 is 0 Å². The quantitative estimate of drug-likeness (QED) is 0.851. The maximum absolute atomic E-state index is 11.8. The highest BCUT2D eigenvalue weighted by Gasteiger charge is 2.38. The number of imidazole rings is 1. The van der Waals surface area contributed by atoms with Crippen LogP contribution in [-0.4, -0.2) is 52.6 Å². The maximum Gasteiger partial charge on any atom is 0.222 e. The second-order valence-electron chi connectivity index (χ2n) is 6.89. The maximum atomic E-state index is 11.8. The molecule has 0 aromatic carbocycles. The van der Waals surface area contributed by atoms with Crippen molar-refractivity contribution in [2.45, 2.75) is 57.6 Å². The number of aromatic amines is 1. The molecule has 1 amide bonds. The number of unbranched alkanes of at least 4 members (excludes halogenated alkanes) is 1. The van der Waals surface area contributed by atoms with Crippen LogP contribution in [0.3, 0.4) is 0 Å². The van der Waals surface area contributed by atoms with Crippen LogP contribution in [0, 0.1) is 0 Å². The summed E-state index contributed by atoms with van der Waals surface area (Å²) in [5.74, 6) is 1.09. The molecule has 3 heterocycles. The van der Waals surface area contributed by atoms with Crippen molar-refractivity contribution < 1.29 is 9.53 Å². The van der Waals surface area contributed by atoms with Crippen LogP contribution in [0.25, 0.3) is 0 Å². The third-order valence-corrected chi connectivity index (χ3v) is 5.32. The van der Waals surface area contributed by atoms with E-state index in [9.17, 15) is 4.79 Å². The molecule has 1 aromatic rings. The zero-order valence-electron chi connectivity index (χ0n) is 14.4. The van der Waals surface area contributed by atoms with Crippen molar-refractivity contribution in [3.8, 4) is 0 Å². The summed E-state index contributed by atoms with van der Waals surface area (Å²) in [6.45, 7) is 6.00. The van der Waals surface area contributed by atoms with E-state index in [1.165, 1.54) is 0 Å². The number of likely N-dealkylation sites (tertiary alicyclic amines) is 1. The van der Waals surface area contributed by atoms with Crippen LogP contribution in [0.5, 0.6) is 0 Å². The van der Waals surface area contributed by atoms with Crippen LogP contribution < -0.4 is 5.32 Å². The van der Waals surface area contributed by atoms with Gasteiger partial charge in [-0.1, -0.05) is 24.9 Å². The van der Waals surface area contributed by atoms with Crippen molar-refractivity contribution in [1.82, 2.24) is 20.2 Å². The molecule has 7 heteroatoms. The molecule has 2 saturated heterocycles. The molecule has 0 unspecified atom stereocenters. The van der Waals surface area contributed by atoms with Crippen molar-refractivity contribution >= 4 is 17.5 Å². The van der Waals surface area contributed by atoms with Gasteiger partial charge in [-0.15, -0.1) is 0 Å². The number of nitrogens with one attached hydrogen (secondary N) is 2. The van der Waals surface area contributed by atoms with Gasteiger partial charge in [0.2, 0.25) is 5.91 Å². The number of amides is 1. The Hall–Kier alpha value is -1.11. The SMILES string of the molecule is CCCCc1nc(Cl)c(CN2CCC3(CC2)CC(=O)NCCO3)[nH]1. The smallest absolute Gasteiger partial charge is 0.222 e. The molecule has 3 rings (SSSR count). The van der Waals surface area contributed by atoms with Gasteiger partial charge in [-0.2, -0.15) is 0 Å². The molecular weight excluding hydrogens is 328 g/mol. The van der Waals surface area contributed by atoms with Gasteiger partial charge in [-0.05, 0) is 19.3 Å². The molecule has 1 spiro atoms. The number of nitrogens with zero attached hydrogens (tertiary/aromatic N) is 2. The predicted octanol–water partition coefficient (Wildman–Crippen LogP) is 2.28. The summed E-state index contributed by atoms with van der Waals surface area (Å²) < 4.78 is 6.02. The van der Waals surface area contributed by atoms with E-state index in [4.69, 9.17) is 16.3 Å². The third kappa shape index (κ3) is 4.29. The number of rotatable bonds is 5. The first kappa shape index (κ1) is 17.7. The van der Waals surface area contributed by atoms with Crippen LogP contribution in [0.1, 0.15) is 50.5 Å². The van der Waals surface area contributed by atoms with Crippen LogP contribution in [0.15, 0.2) is 0 Å². The van der Waals surface area contributed by atoms with E-state index in [-0.39, 0.29) is 11.5 Å². The summed E-state index contributed by atoms with van der Waals surface area (Å²) in [7, 11) is 0. The van der Waals surface area contributed by atoms with E-state index in [0.717, 1.165) is 63.3 Å². The number of carbonyl (C=O) groups excluding carboxylic acids is 1. The largest absolute Gasteiger partial charge is 0.373 e. The third-order valence-electron chi connectivity index (χ3n) is 5.01. The van der Waals surface area contributed by atoms with Crippen molar-refractivity contribution in [1.29, 1.82) is 0 Å². The van der Waals surface area contributed by atoms with E-state index in [0.29, 0.717) is 24.7 Å². The molecular formula is C17H27ClN4O2. The molecule has 2 aliphatic rings. The number of piperidine rings is 1. The minimum absolute atomic E-state index is 0.109. The van der Waals surface area contributed by atoms with Crippen LogP contribution in [0.2, 0.25) is 5.15 Å². The van der Waals surface area contributed by atoms with Crippen molar-refractivity contribution in [3.05, 3.63) is 16.7 Å². The van der Waals surface area contributed by atoms with Crippen molar-refractivity contribution in [3.63, 3.8) is 0 Å². The van der Waals surface area contributed by atoms with Gasteiger partial charge in [-0.25, -0.2) is 4.98 Å². The summed E-state index contributed by atoms with van der Waals surface area (Å²) >= 11 is 6.28. The highest BCUT2D eigenvalue weighted by atomic mass is 35.5. The van der Waals surface area contributed by atoms with Gasteiger partial charge >= 0.3 is 0 Å². The highest BCUT2D eigenvalue weighted by molar-refractivity contribution is 6.30. The summed E-state index contributed by atoms with van der Waals surface area (Å²) in [5.41, 5.74) is 0.722. The van der Waals surface area contributed by atoms with E-state index < -0.39 is 0 Å². The number of hydrogen-bond donors (Lipinski definition) is 2. The van der Waals surface area contributed by atoms with Gasteiger partial charge in [0.05, 0.1) is 24.3 Å². The lowest BCUT2D eigenvalue weighted by molar-refractivity contribution is -0.128. The first-order valence-electron chi connectivity index (χ1n) is 8.96. The Morgan fingerprint density at radius 2 is 2.17 bits per heavy atom. The number of H-pyrrole nitrogens is 1. The van der Waals surface area contributed by atoms with Gasteiger partial charge in [0.15, 0.2) is 5.15 Å². The second-order valence-corrected chi connectivity index (χ2v) is 7.25. The Morgan fingerprint density at radius 1 is 1.38 bits per heavy atom. The lowest BCUT2D eigenvalue weighted by Crippen LogP contribution is -2.46. The van der Waals surface area contributed by atoms with Gasteiger partial charge < -0.3 is 15.0 Å². The molecule has 134 valence electrons. The molecule has 0 atom stereocenters. The van der Waals surface area contributed by atoms with Crippen LogP contribution in [0.4, 0.5) is 0 Å².